The summed E-state index contributed by atoms with van der Waals surface area (Å²) in [6.07, 6.45) is 1.73. The smallest absolute Gasteiger partial charge is 0.274 e. The average molecular weight is 311 g/mol. The van der Waals surface area contributed by atoms with E-state index in [-0.39, 0.29) is 5.91 Å². The van der Waals surface area contributed by atoms with E-state index in [1.807, 2.05) is 43.3 Å². The van der Waals surface area contributed by atoms with Gasteiger partial charge in [0.2, 0.25) is 0 Å². The van der Waals surface area contributed by atoms with Crippen LogP contribution in [0.3, 0.4) is 0 Å². The lowest BCUT2D eigenvalue weighted by Crippen LogP contribution is -2.16. The van der Waals surface area contributed by atoms with Gasteiger partial charge in [-0.3, -0.25) is 4.79 Å². The Labute approximate surface area is 136 Å². The molecular formula is C17H21N5O. The molecule has 1 amide bonds. The van der Waals surface area contributed by atoms with Crippen molar-refractivity contribution in [3.05, 3.63) is 54.5 Å². The van der Waals surface area contributed by atoms with Crippen molar-refractivity contribution in [1.82, 2.24) is 9.97 Å². The van der Waals surface area contributed by atoms with Crippen LogP contribution in [-0.2, 0) is 0 Å². The van der Waals surface area contributed by atoms with Crippen molar-refractivity contribution in [3.8, 4) is 0 Å². The van der Waals surface area contributed by atoms with Crippen molar-refractivity contribution in [2.45, 2.75) is 6.92 Å². The molecule has 0 fully saturated rings. The maximum atomic E-state index is 12.4. The Balaban J connectivity index is 2.13. The molecule has 2 N–H and O–H groups in total. The summed E-state index contributed by atoms with van der Waals surface area (Å²) in [5.41, 5.74) is 2.11. The average Bonchev–Trinajstić information content (AvgIpc) is 2.53. The minimum atomic E-state index is -0.269. The number of hydrogen-bond acceptors (Lipinski definition) is 5. The SMILES string of the molecule is C=CCNc1cc(C(=O)Nc2ccc(N(C)C)cc2)nc(C)n1. The Hall–Kier alpha value is -2.89. The van der Waals surface area contributed by atoms with E-state index in [1.54, 1.807) is 19.1 Å². The minimum absolute atomic E-state index is 0.269. The minimum Gasteiger partial charge on any atom is -0.378 e. The molecule has 6 nitrogen and oxygen atoms in total. The highest BCUT2D eigenvalue weighted by Gasteiger charge is 2.11. The molecule has 6 heteroatoms. The van der Waals surface area contributed by atoms with Crippen LogP contribution in [0.15, 0.2) is 43.0 Å². The second kappa shape index (κ2) is 7.40. The number of amides is 1. The molecule has 23 heavy (non-hydrogen) atoms. The van der Waals surface area contributed by atoms with Gasteiger partial charge < -0.3 is 15.5 Å². The van der Waals surface area contributed by atoms with Gasteiger partial charge in [-0.05, 0) is 31.2 Å². The Morgan fingerprint density at radius 2 is 1.96 bits per heavy atom. The maximum absolute atomic E-state index is 12.4. The molecule has 0 aliphatic heterocycles. The molecular weight excluding hydrogens is 290 g/mol. The molecule has 1 aromatic carbocycles. The van der Waals surface area contributed by atoms with Crippen LogP contribution in [-0.4, -0.2) is 36.5 Å². The fourth-order valence-corrected chi connectivity index (χ4v) is 1.99. The molecule has 0 saturated heterocycles. The van der Waals surface area contributed by atoms with Crippen molar-refractivity contribution >= 4 is 23.1 Å². The van der Waals surface area contributed by atoms with Gasteiger partial charge in [0.25, 0.3) is 5.91 Å². The number of carbonyl (C=O) groups is 1. The van der Waals surface area contributed by atoms with Crippen molar-refractivity contribution < 1.29 is 4.79 Å². The van der Waals surface area contributed by atoms with Gasteiger partial charge in [-0.2, -0.15) is 0 Å². The number of rotatable bonds is 6. The van der Waals surface area contributed by atoms with Gasteiger partial charge in [0.05, 0.1) is 0 Å². The summed E-state index contributed by atoms with van der Waals surface area (Å²) >= 11 is 0. The molecule has 0 aliphatic carbocycles. The van der Waals surface area contributed by atoms with Gasteiger partial charge in [-0.15, -0.1) is 6.58 Å². The number of nitrogens with zero attached hydrogens (tertiary/aromatic N) is 3. The Kier molecular flexibility index (Phi) is 5.30. The summed E-state index contributed by atoms with van der Waals surface area (Å²) in [7, 11) is 3.93. The van der Waals surface area contributed by atoms with Crippen LogP contribution in [0.2, 0.25) is 0 Å². The zero-order chi connectivity index (χ0) is 16.8. The van der Waals surface area contributed by atoms with Crippen molar-refractivity contribution in [3.63, 3.8) is 0 Å². The standard InChI is InChI=1S/C17H21N5O/c1-5-10-18-16-11-15(19-12(2)20-16)17(23)21-13-6-8-14(9-7-13)22(3)4/h5-9,11H,1,10H2,2-4H3,(H,21,23)(H,18,19,20). The summed E-state index contributed by atoms with van der Waals surface area (Å²) in [6, 6.07) is 9.23. The van der Waals surface area contributed by atoms with E-state index >= 15 is 0 Å². The van der Waals surface area contributed by atoms with Crippen LogP contribution in [0.1, 0.15) is 16.3 Å². The van der Waals surface area contributed by atoms with E-state index in [1.165, 1.54) is 0 Å². The zero-order valence-corrected chi connectivity index (χ0v) is 13.6. The molecule has 0 atom stereocenters. The topological polar surface area (TPSA) is 70.2 Å². The molecule has 120 valence electrons. The Bertz CT molecular complexity index is 695. The van der Waals surface area contributed by atoms with Crippen molar-refractivity contribution in [2.75, 3.05) is 36.2 Å². The molecule has 0 aliphatic rings. The van der Waals surface area contributed by atoms with Gasteiger partial charge in [-0.25, -0.2) is 9.97 Å². The number of benzene rings is 1. The highest BCUT2D eigenvalue weighted by atomic mass is 16.1. The number of aryl methyl sites for hydroxylation is 1. The van der Waals surface area contributed by atoms with Gasteiger partial charge in [-0.1, -0.05) is 6.08 Å². The van der Waals surface area contributed by atoms with E-state index in [0.717, 1.165) is 11.4 Å². The van der Waals surface area contributed by atoms with E-state index in [9.17, 15) is 4.79 Å². The first kappa shape index (κ1) is 16.5. The summed E-state index contributed by atoms with van der Waals surface area (Å²) in [5.74, 6) is 0.868. The number of aromatic nitrogens is 2. The highest BCUT2D eigenvalue weighted by Crippen LogP contribution is 2.16. The number of nitrogens with one attached hydrogen (secondary N) is 2. The van der Waals surface area contributed by atoms with Gasteiger partial charge in [0.15, 0.2) is 0 Å². The van der Waals surface area contributed by atoms with E-state index < -0.39 is 0 Å². The van der Waals surface area contributed by atoms with Crippen LogP contribution in [0.4, 0.5) is 17.2 Å². The third-order valence-corrected chi connectivity index (χ3v) is 3.14. The fraction of sp³-hybridized carbons (Fsp3) is 0.235. The quantitative estimate of drug-likeness (QED) is 0.803. The second-order valence-electron chi connectivity index (χ2n) is 5.25. The monoisotopic (exact) mass is 311 g/mol. The lowest BCUT2D eigenvalue weighted by Gasteiger charge is -2.13. The number of carbonyl (C=O) groups excluding carboxylic acids is 1. The van der Waals surface area contributed by atoms with Crippen LogP contribution >= 0.6 is 0 Å². The van der Waals surface area contributed by atoms with Crippen molar-refractivity contribution in [1.29, 1.82) is 0 Å². The van der Waals surface area contributed by atoms with E-state index in [4.69, 9.17) is 0 Å². The predicted octanol–water partition coefficient (Wildman–Crippen LogP) is 2.70. The normalized spacial score (nSPS) is 10.0. The highest BCUT2D eigenvalue weighted by molar-refractivity contribution is 6.03. The largest absolute Gasteiger partial charge is 0.378 e. The molecule has 1 aromatic heterocycles. The van der Waals surface area contributed by atoms with E-state index in [2.05, 4.69) is 27.2 Å². The van der Waals surface area contributed by atoms with Gasteiger partial charge in [0.1, 0.15) is 17.3 Å². The zero-order valence-electron chi connectivity index (χ0n) is 13.6. The van der Waals surface area contributed by atoms with Crippen LogP contribution in [0.5, 0.6) is 0 Å². The Morgan fingerprint density at radius 3 is 2.57 bits per heavy atom. The lowest BCUT2D eigenvalue weighted by molar-refractivity contribution is 0.102. The van der Waals surface area contributed by atoms with Crippen molar-refractivity contribution in [2.24, 2.45) is 0 Å². The Morgan fingerprint density at radius 1 is 1.26 bits per heavy atom. The third kappa shape index (κ3) is 4.54. The van der Waals surface area contributed by atoms with Gasteiger partial charge >= 0.3 is 0 Å². The molecule has 0 saturated carbocycles. The van der Waals surface area contributed by atoms with Gasteiger partial charge in [0, 0.05) is 38.1 Å². The first-order valence-corrected chi connectivity index (χ1v) is 7.29. The molecule has 1 heterocycles. The summed E-state index contributed by atoms with van der Waals surface area (Å²) < 4.78 is 0. The summed E-state index contributed by atoms with van der Waals surface area (Å²) in [5, 5.41) is 5.90. The molecule has 2 aromatic rings. The molecule has 0 unspecified atom stereocenters. The predicted molar refractivity (Wildman–Crippen MR) is 94.2 cm³/mol. The first-order valence-electron chi connectivity index (χ1n) is 7.29. The summed E-state index contributed by atoms with van der Waals surface area (Å²) in [6.45, 7) is 5.97. The van der Waals surface area contributed by atoms with Crippen LogP contribution in [0.25, 0.3) is 0 Å². The molecule has 2 rings (SSSR count). The lowest BCUT2D eigenvalue weighted by atomic mass is 10.2. The maximum Gasteiger partial charge on any atom is 0.274 e. The second-order valence-corrected chi connectivity index (χ2v) is 5.25. The van der Waals surface area contributed by atoms with Crippen LogP contribution < -0.4 is 15.5 Å². The number of anilines is 3. The summed E-state index contributed by atoms with van der Waals surface area (Å²) in [4.78, 5) is 22.8. The molecule has 0 spiro atoms. The first-order chi connectivity index (χ1) is 11.0. The molecule has 0 radical (unpaired) electrons. The van der Waals surface area contributed by atoms with Crippen LogP contribution in [0, 0.1) is 6.92 Å². The van der Waals surface area contributed by atoms with E-state index in [0.29, 0.717) is 23.9 Å². The fourth-order valence-electron chi connectivity index (χ4n) is 1.99. The molecule has 0 bridgehead atoms. The number of hydrogen-bond donors (Lipinski definition) is 2. The third-order valence-electron chi connectivity index (χ3n) is 3.14.